The van der Waals surface area contributed by atoms with E-state index in [0.717, 1.165) is 0 Å². The molecule has 3 nitrogen and oxygen atoms in total. The van der Waals surface area contributed by atoms with Crippen molar-refractivity contribution in [3.63, 3.8) is 0 Å². The van der Waals surface area contributed by atoms with Gasteiger partial charge in [-0.3, -0.25) is 4.72 Å². The molecule has 1 N–H and O–H groups in total. The number of para-hydroxylation sites is 1. The molecule has 0 fully saturated rings. The smallest absolute Gasteiger partial charge is 0.261 e. The molecule has 0 spiro atoms. The van der Waals surface area contributed by atoms with Gasteiger partial charge in [0, 0.05) is 11.3 Å². The maximum absolute atomic E-state index is 12.0. The number of terminal acetylenes is 1. The highest BCUT2D eigenvalue weighted by molar-refractivity contribution is 7.92. The second-order valence-corrected chi connectivity index (χ2v) is 5.32. The third-order valence-corrected chi connectivity index (χ3v) is 3.75. The minimum absolute atomic E-state index is 0.186. The number of hydrogen-bond donors (Lipinski definition) is 1. The fourth-order valence-electron chi connectivity index (χ4n) is 1.45. The van der Waals surface area contributed by atoms with Crippen molar-refractivity contribution in [2.75, 3.05) is 4.72 Å². The topological polar surface area (TPSA) is 46.2 Å². The predicted octanol–water partition coefficient (Wildman–Crippen LogP) is 2.47. The lowest BCUT2D eigenvalue weighted by Crippen LogP contribution is -2.12. The standard InChI is InChI=1S/C14H11NO2S/c1-2-12-8-10-14(11-9-12)18(16,17)15-13-6-4-3-5-7-13/h1,3-11,15H. The molecular formula is C14H11NO2S. The van der Waals surface area contributed by atoms with Gasteiger partial charge in [0.1, 0.15) is 0 Å². The van der Waals surface area contributed by atoms with Crippen LogP contribution in [0.5, 0.6) is 0 Å². The Morgan fingerprint density at radius 1 is 0.944 bits per heavy atom. The minimum atomic E-state index is -3.56. The summed E-state index contributed by atoms with van der Waals surface area (Å²) in [5.74, 6) is 2.44. The van der Waals surface area contributed by atoms with Crippen LogP contribution in [0.25, 0.3) is 0 Å². The van der Waals surface area contributed by atoms with Crippen molar-refractivity contribution < 1.29 is 8.42 Å². The van der Waals surface area contributed by atoms with E-state index in [1.807, 2.05) is 6.07 Å². The zero-order chi connectivity index (χ0) is 13.0. The summed E-state index contributed by atoms with van der Waals surface area (Å²) in [6, 6.07) is 14.9. The van der Waals surface area contributed by atoms with Gasteiger partial charge in [0.25, 0.3) is 10.0 Å². The van der Waals surface area contributed by atoms with Crippen LogP contribution in [0.4, 0.5) is 5.69 Å². The minimum Gasteiger partial charge on any atom is -0.280 e. The van der Waals surface area contributed by atoms with Crippen LogP contribution in [0, 0.1) is 12.3 Å². The predicted molar refractivity (Wildman–Crippen MR) is 71.6 cm³/mol. The molecule has 2 aromatic carbocycles. The molecule has 0 saturated carbocycles. The molecule has 2 rings (SSSR count). The highest BCUT2D eigenvalue weighted by atomic mass is 32.2. The van der Waals surface area contributed by atoms with E-state index < -0.39 is 10.0 Å². The van der Waals surface area contributed by atoms with Gasteiger partial charge in [0.15, 0.2) is 0 Å². The second kappa shape index (κ2) is 4.94. The van der Waals surface area contributed by atoms with E-state index in [4.69, 9.17) is 6.42 Å². The van der Waals surface area contributed by atoms with Crippen molar-refractivity contribution in [3.05, 3.63) is 60.2 Å². The lowest BCUT2D eigenvalue weighted by Gasteiger charge is -2.07. The highest BCUT2D eigenvalue weighted by Gasteiger charge is 2.13. The molecule has 0 aromatic heterocycles. The summed E-state index contributed by atoms with van der Waals surface area (Å²) in [5, 5.41) is 0. The number of nitrogens with one attached hydrogen (secondary N) is 1. The maximum atomic E-state index is 12.0. The fourth-order valence-corrected chi connectivity index (χ4v) is 2.51. The van der Waals surface area contributed by atoms with Crippen LogP contribution in [-0.2, 0) is 10.0 Å². The number of sulfonamides is 1. The molecule has 4 heteroatoms. The Hall–Kier alpha value is -2.25. The molecule has 90 valence electrons. The Morgan fingerprint density at radius 2 is 1.56 bits per heavy atom. The van der Waals surface area contributed by atoms with Crippen molar-refractivity contribution in [3.8, 4) is 12.3 Å². The quantitative estimate of drug-likeness (QED) is 0.859. The lowest BCUT2D eigenvalue weighted by atomic mass is 10.2. The fraction of sp³-hybridized carbons (Fsp3) is 0. The monoisotopic (exact) mass is 257 g/mol. The van der Waals surface area contributed by atoms with Crippen LogP contribution >= 0.6 is 0 Å². The normalized spacial score (nSPS) is 10.6. The number of hydrogen-bond acceptors (Lipinski definition) is 2. The van der Waals surface area contributed by atoms with E-state index >= 15 is 0 Å². The highest BCUT2D eigenvalue weighted by Crippen LogP contribution is 2.15. The Labute approximate surface area is 107 Å². The van der Waals surface area contributed by atoms with Crippen molar-refractivity contribution in [1.29, 1.82) is 0 Å². The summed E-state index contributed by atoms with van der Waals surface area (Å²) in [5.41, 5.74) is 1.17. The molecule has 0 saturated heterocycles. The third-order valence-electron chi connectivity index (χ3n) is 2.36. The van der Waals surface area contributed by atoms with Gasteiger partial charge in [-0.25, -0.2) is 8.42 Å². The molecule has 0 aliphatic carbocycles. The Morgan fingerprint density at radius 3 is 2.11 bits per heavy atom. The first-order valence-corrected chi connectivity index (χ1v) is 6.75. The van der Waals surface area contributed by atoms with Gasteiger partial charge in [-0.1, -0.05) is 24.1 Å². The molecule has 0 unspecified atom stereocenters. The zero-order valence-electron chi connectivity index (χ0n) is 9.50. The van der Waals surface area contributed by atoms with E-state index in [1.54, 1.807) is 36.4 Å². The van der Waals surface area contributed by atoms with Gasteiger partial charge in [-0.2, -0.15) is 0 Å². The van der Waals surface area contributed by atoms with Crippen molar-refractivity contribution in [1.82, 2.24) is 0 Å². The maximum Gasteiger partial charge on any atom is 0.261 e. The summed E-state index contributed by atoms with van der Waals surface area (Å²) in [6.07, 6.45) is 5.22. The molecule has 0 bridgehead atoms. The average molecular weight is 257 g/mol. The van der Waals surface area contributed by atoms with Crippen molar-refractivity contribution >= 4 is 15.7 Å². The molecule has 0 radical (unpaired) electrons. The Balaban J connectivity index is 2.29. The van der Waals surface area contributed by atoms with Crippen LogP contribution < -0.4 is 4.72 Å². The van der Waals surface area contributed by atoms with E-state index in [9.17, 15) is 8.42 Å². The largest absolute Gasteiger partial charge is 0.280 e. The number of rotatable bonds is 3. The Bertz CT molecular complexity index is 668. The first-order chi connectivity index (χ1) is 8.62. The van der Waals surface area contributed by atoms with E-state index in [0.29, 0.717) is 11.3 Å². The molecule has 2 aromatic rings. The van der Waals surface area contributed by atoms with Crippen LogP contribution in [0.2, 0.25) is 0 Å². The molecule has 0 aliphatic rings. The molecule has 0 aliphatic heterocycles. The summed E-state index contributed by atoms with van der Waals surface area (Å²) < 4.78 is 26.6. The van der Waals surface area contributed by atoms with Gasteiger partial charge in [0.2, 0.25) is 0 Å². The van der Waals surface area contributed by atoms with E-state index in [-0.39, 0.29) is 4.90 Å². The average Bonchev–Trinajstić information content (AvgIpc) is 2.39. The first kappa shape index (κ1) is 12.2. The second-order valence-electron chi connectivity index (χ2n) is 3.64. The van der Waals surface area contributed by atoms with E-state index in [1.165, 1.54) is 12.1 Å². The molecule has 0 heterocycles. The zero-order valence-corrected chi connectivity index (χ0v) is 10.3. The summed E-state index contributed by atoms with van der Waals surface area (Å²) in [6.45, 7) is 0. The SMILES string of the molecule is C#Cc1ccc(S(=O)(=O)Nc2ccccc2)cc1. The van der Waals surface area contributed by atoms with E-state index in [2.05, 4.69) is 10.6 Å². The van der Waals surface area contributed by atoms with Crippen LogP contribution in [-0.4, -0.2) is 8.42 Å². The molecule has 0 amide bonds. The molecule has 0 atom stereocenters. The molecule has 18 heavy (non-hydrogen) atoms. The molecular weight excluding hydrogens is 246 g/mol. The lowest BCUT2D eigenvalue weighted by molar-refractivity contribution is 0.601. The van der Waals surface area contributed by atoms with Gasteiger partial charge in [-0.15, -0.1) is 6.42 Å². The third kappa shape index (κ3) is 2.70. The number of anilines is 1. The summed E-state index contributed by atoms with van der Waals surface area (Å²) >= 11 is 0. The number of benzene rings is 2. The van der Waals surface area contributed by atoms with Gasteiger partial charge < -0.3 is 0 Å². The summed E-state index contributed by atoms with van der Waals surface area (Å²) in [7, 11) is -3.56. The Kier molecular flexibility index (Phi) is 3.35. The van der Waals surface area contributed by atoms with Gasteiger partial charge >= 0.3 is 0 Å². The van der Waals surface area contributed by atoms with Crippen molar-refractivity contribution in [2.24, 2.45) is 0 Å². The van der Waals surface area contributed by atoms with Crippen molar-refractivity contribution in [2.45, 2.75) is 4.90 Å². The van der Waals surface area contributed by atoms with Gasteiger partial charge in [-0.05, 0) is 36.4 Å². The first-order valence-electron chi connectivity index (χ1n) is 5.26. The van der Waals surface area contributed by atoms with Crippen LogP contribution in [0.15, 0.2) is 59.5 Å². The van der Waals surface area contributed by atoms with Gasteiger partial charge in [0.05, 0.1) is 4.90 Å². The van der Waals surface area contributed by atoms with Crippen LogP contribution in [0.1, 0.15) is 5.56 Å². The summed E-state index contributed by atoms with van der Waals surface area (Å²) in [4.78, 5) is 0.186. The van der Waals surface area contributed by atoms with Crippen LogP contribution in [0.3, 0.4) is 0 Å².